The van der Waals surface area contributed by atoms with Gasteiger partial charge in [0.05, 0.1) is 0 Å². The second kappa shape index (κ2) is 8.22. The molecule has 102 valence electrons. The van der Waals surface area contributed by atoms with Crippen LogP contribution >= 0.6 is 0 Å². The first-order valence-electron chi connectivity index (χ1n) is 6.89. The molecule has 2 N–H and O–H groups in total. The molecule has 0 aliphatic rings. The Kier molecular flexibility index (Phi) is 6.91. The van der Waals surface area contributed by atoms with E-state index in [0.717, 1.165) is 38.0 Å². The summed E-state index contributed by atoms with van der Waals surface area (Å²) in [6, 6.07) is 6.73. The fourth-order valence-electron chi connectivity index (χ4n) is 2.29. The number of halogens is 1. The molecule has 0 spiro atoms. The van der Waals surface area contributed by atoms with Crippen LogP contribution in [0.15, 0.2) is 24.3 Å². The van der Waals surface area contributed by atoms with Gasteiger partial charge in [-0.25, -0.2) is 4.39 Å². The standard InChI is InChI=1S/C15H25FN2/c1-3-9-18(10-4-2)12-14(11-17)13-5-7-15(16)8-6-13/h5-8,14H,3-4,9-12,17H2,1-2H3. The summed E-state index contributed by atoms with van der Waals surface area (Å²) in [5, 5.41) is 0. The molecular formula is C15H25FN2. The lowest BCUT2D eigenvalue weighted by molar-refractivity contribution is 0.258. The Bertz CT molecular complexity index is 318. The summed E-state index contributed by atoms with van der Waals surface area (Å²) < 4.78 is 12.9. The van der Waals surface area contributed by atoms with Gasteiger partial charge in [-0.3, -0.25) is 0 Å². The topological polar surface area (TPSA) is 29.3 Å². The first kappa shape index (κ1) is 15.1. The minimum Gasteiger partial charge on any atom is -0.330 e. The van der Waals surface area contributed by atoms with Gasteiger partial charge in [0.2, 0.25) is 0 Å². The molecule has 1 atom stereocenters. The van der Waals surface area contributed by atoms with Gasteiger partial charge in [0.15, 0.2) is 0 Å². The summed E-state index contributed by atoms with van der Waals surface area (Å²) >= 11 is 0. The van der Waals surface area contributed by atoms with Gasteiger partial charge in [0.1, 0.15) is 5.82 Å². The van der Waals surface area contributed by atoms with Gasteiger partial charge >= 0.3 is 0 Å². The Hall–Kier alpha value is -0.930. The van der Waals surface area contributed by atoms with E-state index in [1.165, 1.54) is 12.1 Å². The summed E-state index contributed by atoms with van der Waals surface area (Å²) in [5.41, 5.74) is 7.00. The van der Waals surface area contributed by atoms with Gasteiger partial charge in [-0.15, -0.1) is 0 Å². The molecule has 0 bridgehead atoms. The molecule has 0 aromatic heterocycles. The largest absolute Gasteiger partial charge is 0.330 e. The number of rotatable bonds is 8. The zero-order valence-corrected chi connectivity index (χ0v) is 11.5. The number of hydrogen-bond acceptors (Lipinski definition) is 2. The van der Waals surface area contributed by atoms with Crippen molar-refractivity contribution in [2.75, 3.05) is 26.2 Å². The van der Waals surface area contributed by atoms with Gasteiger partial charge < -0.3 is 10.6 Å². The van der Waals surface area contributed by atoms with Crippen LogP contribution in [0, 0.1) is 5.82 Å². The Morgan fingerprint density at radius 2 is 1.67 bits per heavy atom. The molecule has 1 aromatic rings. The smallest absolute Gasteiger partial charge is 0.123 e. The van der Waals surface area contributed by atoms with Crippen LogP contribution in [0.5, 0.6) is 0 Å². The molecule has 0 radical (unpaired) electrons. The van der Waals surface area contributed by atoms with Crippen molar-refractivity contribution in [1.82, 2.24) is 4.90 Å². The third-order valence-corrected chi connectivity index (χ3v) is 3.18. The average molecular weight is 252 g/mol. The summed E-state index contributed by atoms with van der Waals surface area (Å²) in [4.78, 5) is 2.45. The van der Waals surface area contributed by atoms with Crippen molar-refractivity contribution in [3.05, 3.63) is 35.6 Å². The molecule has 2 nitrogen and oxygen atoms in total. The second-order valence-electron chi connectivity index (χ2n) is 4.78. The molecule has 0 heterocycles. The predicted octanol–water partition coefficient (Wildman–Crippen LogP) is 2.99. The van der Waals surface area contributed by atoms with Crippen molar-refractivity contribution in [2.45, 2.75) is 32.6 Å². The van der Waals surface area contributed by atoms with Crippen LogP contribution in [0.1, 0.15) is 38.2 Å². The molecule has 1 rings (SSSR count). The monoisotopic (exact) mass is 252 g/mol. The lowest BCUT2D eigenvalue weighted by atomic mass is 9.98. The third-order valence-electron chi connectivity index (χ3n) is 3.18. The van der Waals surface area contributed by atoms with Crippen LogP contribution in [-0.4, -0.2) is 31.1 Å². The van der Waals surface area contributed by atoms with Crippen molar-refractivity contribution < 1.29 is 4.39 Å². The Morgan fingerprint density at radius 1 is 1.11 bits per heavy atom. The average Bonchev–Trinajstić information content (AvgIpc) is 2.37. The van der Waals surface area contributed by atoms with E-state index in [4.69, 9.17) is 5.73 Å². The summed E-state index contributed by atoms with van der Waals surface area (Å²) in [7, 11) is 0. The van der Waals surface area contributed by atoms with Crippen molar-refractivity contribution in [3.8, 4) is 0 Å². The van der Waals surface area contributed by atoms with Crippen LogP contribution < -0.4 is 5.73 Å². The zero-order valence-electron chi connectivity index (χ0n) is 11.5. The Balaban J connectivity index is 2.67. The summed E-state index contributed by atoms with van der Waals surface area (Å²) in [6.07, 6.45) is 2.31. The maximum Gasteiger partial charge on any atom is 0.123 e. The Morgan fingerprint density at radius 3 is 2.11 bits per heavy atom. The van der Waals surface area contributed by atoms with Crippen LogP contribution in [0.25, 0.3) is 0 Å². The molecular weight excluding hydrogens is 227 g/mol. The van der Waals surface area contributed by atoms with Gasteiger partial charge in [-0.05, 0) is 43.6 Å². The lowest BCUT2D eigenvalue weighted by Crippen LogP contribution is -2.33. The molecule has 0 fully saturated rings. The highest BCUT2D eigenvalue weighted by Crippen LogP contribution is 2.17. The molecule has 1 unspecified atom stereocenters. The van der Waals surface area contributed by atoms with E-state index in [1.54, 1.807) is 0 Å². The van der Waals surface area contributed by atoms with E-state index in [9.17, 15) is 4.39 Å². The Labute approximate surface area is 110 Å². The summed E-state index contributed by atoms with van der Waals surface area (Å²) in [6.45, 7) is 8.16. The first-order chi connectivity index (χ1) is 8.71. The van der Waals surface area contributed by atoms with Gasteiger partial charge in [0, 0.05) is 19.0 Å². The van der Waals surface area contributed by atoms with Crippen LogP contribution in [0.2, 0.25) is 0 Å². The molecule has 1 aromatic carbocycles. The molecule has 3 heteroatoms. The van der Waals surface area contributed by atoms with Gasteiger partial charge in [0.25, 0.3) is 0 Å². The van der Waals surface area contributed by atoms with E-state index in [1.807, 2.05) is 12.1 Å². The molecule has 18 heavy (non-hydrogen) atoms. The van der Waals surface area contributed by atoms with E-state index in [-0.39, 0.29) is 5.82 Å². The number of hydrogen-bond donors (Lipinski definition) is 1. The van der Waals surface area contributed by atoms with Crippen LogP contribution in [0.3, 0.4) is 0 Å². The number of benzene rings is 1. The molecule has 0 amide bonds. The third kappa shape index (κ3) is 4.75. The minimum absolute atomic E-state index is 0.187. The van der Waals surface area contributed by atoms with E-state index in [2.05, 4.69) is 18.7 Å². The normalized spacial score (nSPS) is 12.9. The van der Waals surface area contributed by atoms with E-state index in [0.29, 0.717) is 12.5 Å². The molecule has 0 aliphatic heterocycles. The SMILES string of the molecule is CCCN(CCC)CC(CN)c1ccc(F)cc1. The van der Waals surface area contributed by atoms with Crippen molar-refractivity contribution in [1.29, 1.82) is 0 Å². The predicted molar refractivity (Wildman–Crippen MR) is 75.2 cm³/mol. The van der Waals surface area contributed by atoms with Gasteiger partial charge in [-0.2, -0.15) is 0 Å². The van der Waals surface area contributed by atoms with E-state index < -0.39 is 0 Å². The van der Waals surface area contributed by atoms with Crippen LogP contribution in [-0.2, 0) is 0 Å². The minimum atomic E-state index is -0.187. The second-order valence-corrected chi connectivity index (χ2v) is 4.78. The lowest BCUT2D eigenvalue weighted by Gasteiger charge is -2.26. The maximum atomic E-state index is 12.9. The van der Waals surface area contributed by atoms with Crippen molar-refractivity contribution >= 4 is 0 Å². The maximum absolute atomic E-state index is 12.9. The van der Waals surface area contributed by atoms with Crippen molar-refractivity contribution in [3.63, 3.8) is 0 Å². The molecule has 0 saturated heterocycles. The molecule has 0 aliphatic carbocycles. The first-order valence-corrected chi connectivity index (χ1v) is 6.89. The fourth-order valence-corrected chi connectivity index (χ4v) is 2.29. The quantitative estimate of drug-likeness (QED) is 0.770. The zero-order chi connectivity index (χ0) is 13.4. The number of nitrogens with two attached hydrogens (primary N) is 1. The van der Waals surface area contributed by atoms with Gasteiger partial charge in [-0.1, -0.05) is 26.0 Å². The van der Waals surface area contributed by atoms with Crippen LogP contribution in [0.4, 0.5) is 4.39 Å². The highest BCUT2D eigenvalue weighted by atomic mass is 19.1. The van der Waals surface area contributed by atoms with Crippen molar-refractivity contribution in [2.24, 2.45) is 5.73 Å². The highest BCUT2D eigenvalue weighted by molar-refractivity contribution is 5.21. The highest BCUT2D eigenvalue weighted by Gasteiger charge is 2.14. The van der Waals surface area contributed by atoms with E-state index >= 15 is 0 Å². The fraction of sp³-hybridized carbons (Fsp3) is 0.600. The summed E-state index contributed by atoms with van der Waals surface area (Å²) in [5.74, 6) is 0.109. The number of nitrogens with zero attached hydrogens (tertiary/aromatic N) is 1. The molecule has 0 saturated carbocycles.